The van der Waals surface area contributed by atoms with E-state index in [-0.39, 0.29) is 17.6 Å². The van der Waals surface area contributed by atoms with Gasteiger partial charge in [-0.1, -0.05) is 51.8 Å². The fourth-order valence-corrected chi connectivity index (χ4v) is 5.57. The first-order chi connectivity index (χ1) is 13.8. The average Bonchev–Trinajstić information content (AvgIpc) is 2.69. The van der Waals surface area contributed by atoms with Crippen molar-refractivity contribution in [1.82, 2.24) is 9.62 Å². The third-order valence-corrected chi connectivity index (χ3v) is 7.68. The van der Waals surface area contributed by atoms with Gasteiger partial charge in [-0.2, -0.15) is 0 Å². The lowest BCUT2D eigenvalue weighted by atomic mass is 9.97. The summed E-state index contributed by atoms with van der Waals surface area (Å²) in [5.74, 6) is -0.162. The zero-order chi connectivity index (χ0) is 20.9. The minimum Gasteiger partial charge on any atom is -0.356 e. The van der Waals surface area contributed by atoms with Crippen molar-refractivity contribution in [3.05, 3.63) is 69.2 Å². The molecule has 3 rings (SSSR count). The van der Waals surface area contributed by atoms with Crippen LogP contribution in [-0.2, 0) is 27.0 Å². The second kappa shape index (κ2) is 10.1. The highest BCUT2D eigenvalue weighted by atomic mass is 79.9. The summed E-state index contributed by atoms with van der Waals surface area (Å²) in [6.07, 6.45) is 1.83. The van der Waals surface area contributed by atoms with E-state index >= 15 is 0 Å². The zero-order valence-corrected chi connectivity index (χ0v) is 19.1. The van der Waals surface area contributed by atoms with Crippen LogP contribution in [0.3, 0.4) is 0 Å². The molecular formula is C21H24BrClN2O3S. The summed E-state index contributed by atoms with van der Waals surface area (Å²) in [6, 6.07) is 14.9. The van der Waals surface area contributed by atoms with E-state index in [1.165, 1.54) is 4.31 Å². The van der Waals surface area contributed by atoms with E-state index in [1.807, 2.05) is 48.5 Å². The molecule has 8 heteroatoms. The number of rotatable bonds is 7. The number of amides is 1. The van der Waals surface area contributed by atoms with E-state index in [1.54, 1.807) is 0 Å². The summed E-state index contributed by atoms with van der Waals surface area (Å²) < 4.78 is 27.8. The first kappa shape index (κ1) is 22.3. The Labute approximate surface area is 185 Å². The van der Waals surface area contributed by atoms with Crippen LogP contribution >= 0.6 is 27.5 Å². The maximum absolute atomic E-state index is 12.7. The predicted octanol–water partition coefficient (Wildman–Crippen LogP) is 4.00. The van der Waals surface area contributed by atoms with E-state index in [4.69, 9.17) is 11.6 Å². The molecular weight excluding hydrogens is 476 g/mol. The predicted molar refractivity (Wildman–Crippen MR) is 119 cm³/mol. The van der Waals surface area contributed by atoms with Crippen LogP contribution in [-0.4, -0.2) is 38.3 Å². The molecule has 1 N–H and O–H groups in total. The lowest BCUT2D eigenvalue weighted by Crippen LogP contribution is -2.43. The van der Waals surface area contributed by atoms with Crippen molar-refractivity contribution in [2.24, 2.45) is 5.92 Å². The van der Waals surface area contributed by atoms with Crippen LogP contribution in [0, 0.1) is 5.92 Å². The molecule has 2 aromatic carbocycles. The van der Waals surface area contributed by atoms with E-state index in [9.17, 15) is 13.2 Å². The van der Waals surface area contributed by atoms with Crippen molar-refractivity contribution in [2.75, 3.05) is 19.6 Å². The number of nitrogens with zero attached hydrogens (tertiary/aromatic N) is 1. The molecule has 1 fully saturated rings. The summed E-state index contributed by atoms with van der Waals surface area (Å²) in [7, 11) is -3.39. The number of halogens is 2. The summed E-state index contributed by atoms with van der Waals surface area (Å²) in [6.45, 7) is 1.32. The number of carbonyl (C=O) groups excluding carboxylic acids is 1. The molecule has 1 heterocycles. The van der Waals surface area contributed by atoms with Crippen molar-refractivity contribution in [3.8, 4) is 0 Å². The highest BCUT2D eigenvalue weighted by molar-refractivity contribution is 9.10. The van der Waals surface area contributed by atoms with Crippen LogP contribution in [0.5, 0.6) is 0 Å². The molecule has 5 nitrogen and oxygen atoms in total. The van der Waals surface area contributed by atoms with Gasteiger partial charge in [-0.05, 0) is 54.7 Å². The van der Waals surface area contributed by atoms with Crippen molar-refractivity contribution >= 4 is 43.5 Å². The van der Waals surface area contributed by atoms with Crippen molar-refractivity contribution in [3.63, 3.8) is 0 Å². The van der Waals surface area contributed by atoms with Crippen LogP contribution in [0.15, 0.2) is 53.0 Å². The van der Waals surface area contributed by atoms with Gasteiger partial charge in [-0.3, -0.25) is 4.79 Å². The Hall–Kier alpha value is -1.41. The standard InChI is InChI=1S/C21H24BrClN2O3S/c22-19-3-1-2-17(14-19)15-29(27,28)25-12-9-18(10-13-25)21(26)24-11-8-16-4-6-20(23)7-5-16/h1-7,14,18H,8-13,15H2,(H,24,26). The minimum atomic E-state index is -3.39. The number of carbonyl (C=O) groups is 1. The fraction of sp³-hybridized carbons (Fsp3) is 0.381. The third-order valence-electron chi connectivity index (χ3n) is 5.08. The van der Waals surface area contributed by atoms with Gasteiger partial charge in [0.15, 0.2) is 0 Å². The van der Waals surface area contributed by atoms with Crippen molar-refractivity contribution < 1.29 is 13.2 Å². The Balaban J connectivity index is 1.45. The second-order valence-electron chi connectivity index (χ2n) is 7.23. The average molecular weight is 500 g/mol. The summed E-state index contributed by atoms with van der Waals surface area (Å²) >= 11 is 9.24. The van der Waals surface area contributed by atoms with E-state index in [2.05, 4.69) is 21.2 Å². The number of nitrogens with one attached hydrogen (secondary N) is 1. The van der Waals surface area contributed by atoms with Gasteiger partial charge in [0.2, 0.25) is 15.9 Å². The van der Waals surface area contributed by atoms with Crippen LogP contribution in [0.25, 0.3) is 0 Å². The van der Waals surface area contributed by atoms with E-state index in [0.717, 1.165) is 22.0 Å². The van der Waals surface area contributed by atoms with E-state index < -0.39 is 10.0 Å². The molecule has 156 valence electrons. The molecule has 0 aromatic heterocycles. The molecule has 0 radical (unpaired) electrons. The molecule has 2 aromatic rings. The smallest absolute Gasteiger partial charge is 0.223 e. The van der Waals surface area contributed by atoms with Gasteiger partial charge in [-0.15, -0.1) is 0 Å². The molecule has 0 saturated carbocycles. The molecule has 0 spiro atoms. The van der Waals surface area contributed by atoms with Gasteiger partial charge < -0.3 is 5.32 Å². The first-order valence-electron chi connectivity index (χ1n) is 9.58. The molecule has 0 bridgehead atoms. The Morgan fingerprint density at radius 1 is 1.10 bits per heavy atom. The highest BCUT2D eigenvalue weighted by Crippen LogP contribution is 2.23. The van der Waals surface area contributed by atoms with Crippen LogP contribution in [0.2, 0.25) is 5.02 Å². The normalized spacial score (nSPS) is 15.9. The number of hydrogen-bond donors (Lipinski definition) is 1. The second-order valence-corrected chi connectivity index (χ2v) is 10.5. The maximum atomic E-state index is 12.7. The lowest BCUT2D eigenvalue weighted by Gasteiger charge is -2.30. The molecule has 1 aliphatic heterocycles. The van der Waals surface area contributed by atoms with Crippen LogP contribution in [0.1, 0.15) is 24.0 Å². The van der Waals surface area contributed by atoms with Crippen LogP contribution in [0.4, 0.5) is 0 Å². The van der Waals surface area contributed by atoms with Crippen molar-refractivity contribution in [2.45, 2.75) is 25.0 Å². The Bertz CT molecular complexity index is 943. The molecule has 1 saturated heterocycles. The van der Waals surface area contributed by atoms with Crippen molar-refractivity contribution in [1.29, 1.82) is 0 Å². The lowest BCUT2D eigenvalue weighted by molar-refractivity contribution is -0.126. The first-order valence-corrected chi connectivity index (χ1v) is 12.4. The Kier molecular flexibility index (Phi) is 7.73. The molecule has 29 heavy (non-hydrogen) atoms. The number of piperidine rings is 1. The number of benzene rings is 2. The third kappa shape index (κ3) is 6.54. The molecule has 0 aliphatic carbocycles. The number of hydrogen-bond acceptors (Lipinski definition) is 3. The minimum absolute atomic E-state index is 0.00278. The van der Waals surface area contributed by atoms with Gasteiger partial charge in [0.1, 0.15) is 0 Å². The summed E-state index contributed by atoms with van der Waals surface area (Å²) in [5, 5.41) is 3.66. The highest BCUT2D eigenvalue weighted by Gasteiger charge is 2.31. The van der Waals surface area contributed by atoms with Gasteiger partial charge in [0, 0.05) is 35.0 Å². The van der Waals surface area contributed by atoms with Crippen LogP contribution < -0.4 is 5.32 Å². The van der Waals surface area contributed by atoms with E-state index in [0.29, 0.717) is 37.5 Å². The topological polar surface area (TPSA) is 66.5 Å². The monoisotopic (exact) mass is 498 g/mol. The van der Waals surface area contributed by atoms with Gasteiger partial charge >= 0.3 is 0 Å². The van der Waals surface area contributed by atoms with Gasteiger partial charge in [-0.25, -0.2) is 12.7 Å². The molecule has 1 aliphatic rings. The van der Waals surface area contributed by atoms with Gasteiger partial charge in [0.05, 0.1) is 5.75 Å². The number of sulfonamides is 1. The van der Waals surface area contributed by atoms with Gasteiger partial charge in [0.25, 0.3) is 0 Å². The Morgan fingerprint density at radius 3 is 2.45 bits per heavy atom. The molecule has 0 unspecified atom stereocenters. The SMILES string of the molecule is O=C(NCCc1ccc(Cl)cc1)C1CCN(S(=O)(=O)Cc2cccc(Br)c2)CC1. The Morgan fingerprint density at radius 2 is 1.79 bits per heavy atom. The molecule has 0 atom stereocenters. The summed E-state index contributed by atoms with van der Waals surface area (Å²) in [5.41, 5.74) is 1.87. The molecule has 1 amide bonds. The zero-order valence-electron chi connectivity index (χ0n) is 16.0. The largest absolute Gasteiger partial charge is 0.356 e. The fourth-order valence-electron chi connectivity index (χ4n) is 3.45. The maximum Gasteiger partial charge on any atom is 0.223 e. The summed E-state index contributed by atoms with van der Waals surface area (Å²) in [4.78, 5) is 12.4. The quantitative estimate of drug-likeness (QED) is 0.626.